The van der Waals surface area contributed by atoms with Gasteiger partial charge in [-0.2, -0.15) is 13.2 Å². The molecular weight excluding hydrogens is 265 g/mol. The van der Waals surface area contributed by atoms with Crippen LogP contribution in [0, 0.1) is 13.8 Å². The van der Waals surface area contributed by atoms with Crippen LogP contribution in [0.4, 0.5) is 13.2 Å². The molecular formula is C11H17F3N2OS. The molecule has 0 saturated heterocycles. The van der Waals surface area contributed by atoms with Crippen molar-refractivity contribution in [3.8, 4) is 0 Å². The van der Waals surface area contributed by atoms with Gasteiger partial charge in [0.15, 0.2) is 0 Å². The first kappa shape index (κ1) is 15.4. The highest BCUT2D eigenvalue weighted by atomic mass is 32.1. The van der Waals surface area contributed by atoms with Gasteiger partial charge in [0.05, 0.1) is 10.7 Å². The quantitative estimate of drug-likeness (QED) is 0.816. The first-order valence-electron chi connectivity index (χ1n) is 5.61. The smallest absolute Gasteiger partial charge is 0.372 e. The fraction of sp³-hybridized carbons (Fsp3) is 0.727. The van der Waals surface area contributed by atoms with Crippen LogP contribution in [0.5, 0.6) is 0 Å². The number of rotatable bonds is 6. The SMILES string of the molecule is Cc1nc(CC(N)CCOCC(F)(F)F)sc1C. The van der Waals surface area contributed by atoms with Gasteiger partial charge in [-0.15, -0.1) is 11.3 Å². The summed E-state index contributed by atoms with van der Waals surface area (Å²) in [6.07, 6.45) is -3.30. The van der Waals surface area contributed by atoms with Crippen LogP contribution >= 0.6 is 11.3 Å². The van der Waals surface area contributed by atoms with Crippen molar-refractivity contribution >= 4 is 11.3 Å². The Morgan fingerprint density at radius 1 is 1.39 bits per heavy atom. The summed E-state index contributed by atoms with van der Waals surface area (Å²) in [4.78, 5) is 5.48. The van der Waals surface area contributed by atoms with Crippen LogP contribution in [-0.2, 0) is 11.2 Å². The van der Waals surface area contributed by atoms with Gasteiger partial charge in [0.2, 0.25) is 0 Å². The molecule has 0 aliphatic carbocycles. The highest BCUT2D eigenvalue weighted by Gasteiger charge is 2.27. The van der Waals surface area contributed by atoms with Gasteiger partial charge in [-0.3, -0.25) is 0 Å². The number of alkyl halides is 3. The minimum absolute atomic E-state index is 0.0179. The maximum absolute atomic E-state index is 11.8. The van der Waals surface area contributed by atoms with Crippen molar-refractivity contribution in [1.29, 1.82) is 0 Å². The Morgan fingerprint density at radius 3 is 2.56 bits per heavy atom. The van der Waals surface area contributed by atoms with Crippen molar-refractivity contribution in [2.75, 3.05) is 13.2 Å². The van der Waals surface area contributed by atoms with Gasteiger partial charge in [0.1, 0.15) is 6.61 Å². The fourth-order valence-corrected chi connectivity index (χ4v) is 2.40. The lowest BCUT2D eigenvalue weighted by atomic mass is 10.2. The summed E-state index contributed by atoms with van der Waals surface area (Å²) in [5.41, 5.74) is 6.80. The summed E-state index contributed by atoms with van der Waals surface area (Å²) >= 11 is 1.57. The van der Waals surface area contributed by atoms with Crippen LogP contribution in [0.3, 0.4) is 0 Å². The predicted octanol–water partition coefficient (Wildman–Crippen LogP) is 2.60. The van der Waals surface area contributed by atoms with E-state index in [1.54, 1.807) is 11.3 Å². The molecule has 3 nitrogen and oxygen atoms in total. The summed E-state index contributed by atoms with van der Waals surface area (Å²) in [5.74, 6) is 0. The molecule has 0 fully saturated rings. The van der Waals surface area contributed by atoms with E-state index in [2.05, 4.69) is 9.72 Å². The van der Waals surface area contributed by atoms with Crippen LogP contribution < -0.4 is 5.73 Å². The van der Waals surface area contributed by atoms with Crippen molar-refractivity contribution in [3.05, 3.63) is 15.6 Å². The molecule has 1 unspecified atom stereocenters. The Kier molecular flexibility index (Phi) is 5.55. The number of hydrogen-bond acceptors (Lipinski definition) is 4. The second-order valence-electron chi connectivity index (χ2n) is 4.17. The molecule has 0 aliphatic heterocycles. The van der Waals surface area contributed by atoms with Gasteiger partial charge < -0.3 is 10.5 Å². The number of nitrogens with zero attached hydrogens (tertiary/aromatic N) is 1. The molecule has 1 aromatic heterocycles. The van der Waals surface area contributed by atoms with Gasteiger partial charge in [-0.25, -0.2) is 4.98 Å². The first-order valence-corrected chi connectivity index (χ1v) is 6.42. The summed E-state index contributed by atoms with van der Waals surface area (Å²) < 4.78 is 39.9. The number of aromatic nitrogens is 1. The molecule has 1 rings (SSSR count). The molecule has 0 aliphatic rings. The Morgan fingerprint density at radius 2 is 2.06 bits per heavy atom. The molecule has 7 heteroatoms. The Bertz CT molecular complexity index is 359. The van der Waals surface area contributed by atoms with E-state index in [9.17, 15) is 13.2 Å². The van der Waals surface area contributed by atoms with Crippen LogP contribution in [0.1, 0.15) is 22.0 Å². The van der Waals surface area contributed by atoms with E-state index < -0.39 is 12.8 Å². The minimum Gasteiger partial charge on any atom is -0.372 e. The lowest BCUT2D eigenvalue weighted by Gasteiger charge is -2.11. The summed E-state index contributed by atoms with van der Waals surface area (Å²) in [5, 5.41) is 0.924. The van der Waals surface area contributed by atoms with Crippen LogP contribution in [0.25, 0.3) is 0 Å². The molecule has 1 atom stereocenters. The predicted molar refractivity (Wildman–Crippen MR) is 64.8 cm³/mol. The molecule has 0 aromatic carbocycles. The van der Waals surface area contributed by atoms with Crippen molar-refractivity contribution < 1.29 is 17.9 Å². The second-order valence-corrected chi connectivity index (χ2v) is 5.46. The average molecular weight is 282 g/mol. The third-order valence-corrected chi connectivity index (χ3v) is 3.50. The topological polar surface area (TPSA) is 48.1 Å². The summed E-state index contributed by atoms with van der Waals surface area (Å²) in [7, 11) is 0. The van der Waals surface area contributed by atoms with Gasteiger partial charge in [0, 0.05) is 23.9 Å². The van der Waals surface area contributed by atoms with Gasteiger partial charge in [-0.1, -0.05) is 0 Å². The standard InChI is InChI=1S/C11H17F3N2OS/c1-7-8(2)18-10(16-7)5-9(15)3-4-17-6-11(12,13)14/h9H,3-6,15H2,1-2H3. The minimum atomic E-state index is -4.27. The van der Waals surface area contributed by atoms with E-state index in [0.717, 1.165) is 15.6 Å². The zero-order valence-electron chi connectivity index (χ0n) is 10.4. The van der Waals surface area contributed by atoms with Crippen molar-refractivity contribution in [1.82, 2.24) is 4.98 Å². The van der Waals surface area contributed by atoms with Crippen LogP contribution in [0.15, 0.2) is 0 Å². The largest absolute Gasteiger partial charge is 0.411 e. The van der Waals surface area contributed by atoms with Crippen molar-refractivity contribution in [2.45, 2.75) is 38.9 Å². The van der Waals surface area contributed by atoms with Gasteiger partial charge in [-0.05, 0) is 20.3 Å². The Hall–Kier alpha value is -0.660. The number of halogens is 3. The second kappa shape index (κ2) is 6.49. The fourth-order valence-electron chi connectivity index (χ4n) is 1.38. The Balaban J connectivity index is 2.23. The lowest BCUT2D eigenvalue weighted by molar-refractivity contribution is -0.174. The van der Waals surface area contributed by atoms with E-state index in [1.165, 1.54) is 0 Å². The highest BCUT2D eigenvalue weighted by molar-refractivity contribution is 7.11. The molecule has 0 amide bonds. The van der Waals surface area contributed by atoms with Crippen LogP contribution in [0.2, 0.25) is 0 Å². The average Bonchev–Trinajstić information content (AvgIpc) is 2.51. The van der Waals surface area contributed by atoms with E-state index in [-0.39, 0.29) is 12.6 Å². The maximum atomic E-state index is 11.8. The highest BCUT2D eigenvalue weighted by Crippen LogP contribution is 2.18. The molecule has 1 aromatic rings. The van der Waals surface area contributed by atoms with E-state index in [4.69, 9.17) is 5.73 Å². The van der Waals surface area contributed by atoms with Gasteiger partial charge in [0.25, 0.3) is 0 Å². The molecule has 0 radical (unpaired) electrons. The van der Waals surface area contributed by atoms with E-state index in [1.807, 2.05) is 13.8 Å². The molecule has 2 N–H and O–H groups in total. The molecule has 0 spiro atoms. The number of nitrogens with two attached hydrogens (primary N) is 1. The molecule has 104 valence electrons. The zero-order chi connectivity index (χ0) is 13.8. The van der Waals surface area contributed by atoms with E-state index in [0.29, 0.717) is 12.8 Å². The maximum Gasteiger partial charge on any atom is 0.411 e. The first-order chi connectivity index (χ1) is 8.28. The number of thiazole rings is 1. The van der Waals surface area contributed by atoms with Crippen molar-refractivity contribution in [3.63, 3.8) is 0 Å². The number of aryl methyl sites for hydroxylation is 2. The Labute approximate surface area is 108 Å². The van der Waals surface area contributed by atoms with Crippen LogP contribution in [-0.4, -0.2) is 30.4 Å². The molecule has 1 heterocycles. The number of ether oxygens (including phenoxy) is 1. The van der Waals surface area contributed by atoms with E-state index >= 15 is 0 Å². The monoisotopic (exact) mass is 282 g/mol. The number of hydrogen-bond donors (Lipinski definition) is 1. The zero-order valence-corrected chi connectivity index (χ0v) is 11.2. The van der Waals surface area contributed by atoms with Crippen molar-refractivity contribution in [2.24, 2.45) is 5.73 Å². The van der Waals surface area contributed by atoms with Gasteiger partial charge >= 0.3 is 6.18 Å². The third-order valence-electron chi connectivity index (χ3n) is 2.41. The normalized spacial score (nSPS) is 13.9. The molecule has 18 heavy (non-hydrogen) atoms. The third kappa shape index (κ3) is 5.79. The molecule has 0 bridgehead atoms. The molecule has 0 saturated carbocycles. The summed E-state index contributed by atoms with van der Waals surface area (Å²) in [6, 6.07) is -0.219. The lowest BCUT2D eigenvalue weighted by Crippen LogP contribution is -2.26. The summed E-state index contributed by atoms with van der Waals surface area (Å²) in [6.45, 7) is 2.71.